The fourth-order valence-corrected chi connectivity index (χ4v) is 4.44. The highest BCUT2D eigenvalue weighted by Gasteiger charge is 2.18. The van der Waals surface area contributed by atoms with Gasteiger partial charge in [-0.3, -0.25) is 15.2 Å². The fraction of sp³-hybridized carbons (Fsp3) is 0.0588. The average molecular weight is 408 g/mol. The number of fused-ring (bicyclic) bond motifs is 1. The van der Waals surface area contributed by atoms with Crippen LogP contribution < -0.4 is 10.3 Å². The zero-order chi connectivity index (χ0) is 18.6. The predicted octanol–water partition coefficient (Wildman–Crippen LogP) is 2.99. The van der Waals surface area contributed by atoms with Crippen LogP contribution in [0.5, 0.6) is 0 Å². The van der Waals surface area contributed by atoms with Crippen molar-refractivity contribution >= 4 is 50.2 Å². The van der Waals surface area contributed by atoms with Crippen LogP contribution in [0, 0.1) is 0 Å². The van der Waals surface area contributed by atoms with E-state index in [1.807, 2.05) is 35.2 Å². The lowest BCUT2D eigenvalue weighted by Crippen LogP contribution is -2.42. The number of hydrazine groups is 1. The highest BCUT2D eigenvalue weighted by molar-refractivity contribution is 8.00. The summed E-state index contributed by atoms with van der Waals surface area (Å²) in [6.45, 7) is 0. The second kappa shape index (κ2) is 8.05. The highest BCUT2D eigenvalue weighted by atomic mass is 35.5. The maximum absolute atomic E-state index is 12.2. The summed E-state index contributed by atoms with van der Waals surface area (Å²) in [5.41, 5.74) is 2.99. The molecule has 0 spiro atoms. The highest BCUT2D eigenvalue weighted by Crippen LogP contribution is 2.25. The van der Waals surface area contributed by atoms with Crippen molar-refractivity contribution in [1.29, 1.82) is 0 Å². The Labute approximate surface area is 160 Å². The third kappa shape index (κ3) is 4.34. The quantitative estimate of drug-likeness (QED) is 0.484. The normalized spacial score (nSPS) is 11.4. The molecule has 26 heavy (non-hydrogen) atoms. The summed E-state index contributed by atoms with van der Waals surface area (Å²) in [7, 11) is -3.94. The average Bonchev–Trinajstić information content (AvgIpc) is 2.65. The largest absolute Gasteiger partial charge is 0.277 e. The molecule has 0 saturated carbocycles. The lowest BCUT2D eigenvalue weighted by molar-refractivity contribution is -0.119. The first-order valence-corrected chi connectivity index (χ1v) is 10.3. The number of carbonyl (C=O) groups is 1. The number of para-hydroxylation sites is 1. The van der Waals surface area contributed by atoms with Crippen LogP contribution in [-0.4, -0.2) is 25.1 Å². The zero-order valence-electron chi connectivity index (χ0n) is 13.3. The van der Waals surface area contributed by atoms with Gasteiger partial charge in [0.15, 0.2) is 0 Å². The minimum absolute atomic E-state index is 0.0285. The Bertz CT molecular complexity index is 1050. The van der Waals surface area contributed by atoms with E-state index in [2.05, 4.69) is 10.4 Å². The number of hydrogen-bond donors (Lipinski definition) is 2. The van der Waals surface area contributed by atoms with Crippen LogP contribution in [0.25, 0.3) is 10.9 Å². The molecule has 2 N–H and O–H groups in total. The molecule has 0 atom stereocenters. The third-order valence-electron chi connectivity index (χ3n) is 3.41. The van der Waals surface area contributed by atoms with Crippen molar-refractivity contribution in [2.45, 2.75) is 9.79 Å². The van der Waals surface area contributed by atoms with Crippen molar-refractivity contribution < 1.29 is 13.2 Å². The lowest BCUT2D eigenvalue weighted by atomic mass is 10.2. The Morgan fingerprint density at radius 1 is 1.08 bits per heavy atom. The molecule has 0 aliphatic carbocycles. The van der Waals surface area contributed by atoms with Gasteiger partial charge >= 0.3 is 0 Å². The molecule has 1 aromatic heterocycles. The van der Waals surface area contributed by atoms with Crippen LogP contribution >= 0.6 is 23.4 Å². The Hall–Kier alpha value is -2.13. The summed E-state index contributed by atoms with van der Waals surface area (Å²) in [4.78, 5) is 19.1. The van der Waals surface area contributed by atoms with Crippen LogP contribution in [0.4, 0.5) is 0 Å². The van der Waals surface area contributed by atoms with Gasteiger partial charge < -0.3 is 0 Å². The van der Waals surface area contributed by atoms with Gasteiger partial charge in [0.05, 0.1) is 16.3 Å². The summed E-state index contributed by atoms with van der Waals surface area (Å²) in [6.07, 6.45) is 1.68. The van der Waals surface area contributed by atoms with E-state index >= 15 is 0 Å². The van der Waals surface area contributed by atoms with Gasteiger partial charge in [-0.1, -0.05) is 41.9 Å². The number of sulfonamides is 1. The monoisotopic (exact) mass is 407 g/mol. The number of benzene rings is 2. The van der Waals surface area contributed by atoms with Gasteiger partial charge in [0.25, 0.3) is 10.0 Å². The van der Waals surface area contributed by atoms with E-state index in [1.54, 1.807) is 18.3 Å². The van der Waals surface area contributed by atoms with E-state index in [9.17, 15) is 13.2 Å². The zero-order valence-corrected chi connectivity index (χ0v) is 15.7. The maximum atomic E-state index is 12.2. The van der Waals surface area contributed by atoms with Crippen molar-refractivity contribution in [3.63, 3.8) is 0 Å². The Balaban J connectivity index is 1.62. The van der Waals surface area contributed by atoms with Crippen LogP contribution in [0.15, 0.2) is 70.6 Å². The van der Waals surface area contributed by atoms with Crippen molar-refractivity contribution in [2.24, 2.45) is 0 Å². The van der Waals surface area contributed by atoms with Crippen LogP contribution in [0.2, 0.25) is 5.02 Å². The van der Waals surface area contributed by atoms with E-state index in [0.29, 0.717) is 0 Å². The Kier molecular flexibility index (Phi) is 5.77. The van der Waals surface area contributed by atoms with E-state index in [-0.39, 0.29) is 15.7 Å². The van der Waals surface area contributed by atoms with Crippen molar-refractivity contribution in [2.75, 3.05) is 5.75 Å². The van der Waals surface area contributed by atoms with E-state index in [0.717, 1.165) is 15.8 Å². The molecule has 0 bridgehead atoms. The third-order valence-corrected chi connectivity index (χ3v) is 6.20. The number of nitrogens with zero attached hydrogens (tertiary/aromatic N) is 1. The molecular formula is C17H14ClN3O3S2. The van der Waals surface area contributed by atoms with E-state index in [1.165, 1.54) is 23.9 Å². The summed E-state index contributed by atoms with van der Waals surface area (Å²) >= 11 is 7.15. The van der Waals surface area contributed by atoms with Gasteiger partial charge in [-0.05, 0) is 24.3 Å². The standard InChI is InChI=1S/C17H14ClN3O3S2/c18-13-7-1-2-9-15(13)26(23,24)21-20-16(22)11-25-14-8-3-5-12-6-4-10-19-17(12)14/h1-10,21H,11H2,(H,20,22). The van der Waals surface area contributed by atoms with Crippen LogP contribution in [0.1, 0.15) is 0 Å². The van der Waals surface area contributed by atoms with Crippen molar-refractivity contribution in [3.05, 3.63) is 65.8 Å². The molecule has 1 amide bonds. The molecule has 0 unspecified atom stereocenters. The van der Waals surface area contributed by atoms with Crippen LogP contribution in [0.3, 0.4) is 0 Å². The number of rotatable bonds is 6. The molecule has 0 aliphatic rings. The summed E-state index contributed by atoms with van der Waals surface area (Å²) in [5.74, 6) is -0.459. The first kappa shape index (κ1) is 18.7. The molecule has 3 aromatic rings. The molecule has 0 saturated heterocycles. The molecule has 1 heterocycles. The molecule has 9 heteroatoms. The van der Waals surface area contributed by atoms with Crippen molar-refractivity contribution in [1.82, 2.24) is 15.2 Å². The number of carbonyl (C=O) groups excluding carboxylic acids is 1. The number of thioether (sulfide) groups is 1. The topological polar surface area (TPSA) is 88.2 Å². The summed E-state index contributed by atoms with van der Waals surface area (Å²) in [5, 5.41) is 1.04. The van der Waals surface area contributed by atoms with Crippen LogP contribution in [-0.2, 0) is 14.8 Å². The minimum Gasteiger partial charge on any atom is -0.277 e. The molecule has 3 rings (SSSR count). The SMILES string of the molecule is O=C(CSc1cccc2cccnc12)NNS(=O)(=O)c1ccccc1Cl. The number of nitrogens with one attached hydrogen (secondary N) is 2. The van der Waals surface area contributed by atoms with E-state index in [4.69, 9.17) is 11.6 Å². The van der Waals surface area contributed by atoms with Gasteiger partial charge in [-0.2, -0.15) is 0 Å². The molecule has 2 aromatic carbocycles. The number of aromatic nitrogens is 1. The number of amides is 1. The molecule has 134 valence electrons. The van der Waals surface area contributed by atoms with E-state index < -0.39 is 15.9 Å². The Morgan fingerprint density at radius 2 is 1.85 bits per heavy atom. The molecule has 0 aliphatic heterocycles. The van der Waals surface area contributed by atoms with Gasteiger partial charge in [-0.15, -0.1) is 16.6 Å². The van der Waals surface area contributed by atoms with Gasteiger partial charge in [0, 0.05) is 16.5 Å². The molecular weight excluding hydrogens is 394 g/mol. The maximum Gasteiger partial charge on any atom is 0.258 e. The first-order chi connectivity index (χ1) is 12.5. The smallest absolute Gasteiger partial charge is 0.258 e. The van der Waals surface area contributed by atoms with Gasteiger partial charge in [-0.25, -0.2) is 8.42 Å². The Morgan fingerprint density at radius 3 is 2.65 bits per heavy atom. The molecule has 0 radical (unpaired) electrons. The fourth-order valence-electron chi connectivity index (χ4n) is 2.21. The van der Waals surface area contributed by atoms with Crippen molar-refractivity contribution in [3.8, 4) is 0 Å². The lowest BCUT2D eigenvalue weighted by Gasteiger charge is -2.10. The predicted molar refractivity (Wildman–Crippen MR) is 102 cm³/mol. The minimum atomic E-state index is -3.94. The second-order valence-corrected chi connectivity index (χ2v) is 8.28. The van der Waals surface area contributed by atoms with Gasteiger partial charge in [0.1, 0.15) is 4.90 Å². The second-order valence-electron chi connectivity index (χ2n) is 5.20. The number of pyridine rings is 1. The number of hydrogen-bond acceptors (Lipinski definition) is 5. The van der Waals surface area contributed by atoms with Gasteiger partial charge in [0.2, 0.25) is 5.91 Å². The number of halogens is 1. The molecule has 0 fully saturated rings. The first-order valence-electron chi connectivity index (χ1n) is 7.49. The summed E-state index contributed by atoms with van der Waals surface area (Å²) < 4.78 is 24.4. The summed E-state index contributed by atoms with van der Waals surface area (Å²) in [6, 6.07) is 15.4. The molecule has 6 nitrogen and oxygen atoms in total.